The van der Waals surface area contributed by atoms with Gasteiger partial charge in [-0.05, 0) is 50.1 Å². The standard InChI is InChI=1S/C14H22O6.C6H14O4.C4H5ClO.CH4/c15-13(11-1-2-11)19-9-7-17-5-6-18-8-10-20-14(16)12-3-4-12;7-1-3-9-5-6-10-4-2-8;5-4(6)3-1-2-3;/h11-12H,1-10H2;7-8H,1-6H2;3H,1-2H2;1H4. The van der Waals surface area contributed by atoms with Gasteiger partial charge in [0, 0.05) is 5.92 Å². The van der Waals surface area contributed by atoms with E-state index in [2.05, 4.69) is 0 Å². The highest BCUT2D eigenvalue weighted by Crippen LogP contribution is 2.31. The zero-order valence-electron chi connectivity index (χ0n) is 20.9. The molecule has 3 saturated carbocycles. The number of carbonyl (C=O) groups is 3. The van der Waals surface area contributed by atoms with Crippen LogP contribution in [0, 0.1) is 17.8 Å². The fraction of sp³-hybridized carbons (Fsp3) is 0.880. The minimum atomic E-state index is -0.157. The highest BCUT2D eigenvalue weighted by Gasteiger charge is 2.31. The van der Waals surface area contributed by atoms with E-state index in [1.807, 2.05) is 0 Å². The lowest BCUT2D eigenvalue weighted by atomic mass is 10.4. The van der Waals surface area contributed by atoms with E-state index in [1.54, 1.807) is 0 Å². The second-order valence-corrected chi connectivity index (χ2v) is 8.73. The average molecular weight is 557 g/mol. The topological polar surface area (TPSA) is 147 Å². The Kier molecular flexibility index (Phi) is 22.9. The van der Waals surface area contributed by atoms with Crippen LogP contribution in [-0.2, 0) is 42.8 Å². The Bertz CT molecular complexity index is 553. The van der Waals surface area contributed by atoms with E-state index in [0.717, 1.165) is 38.5 Å². The van der Waals surface area contributed by atoms with Gasteiger partial charge in [0.05, 0.1) is 77.9 Å². The normalized spacial score (nSPS) is 15.8. The van der Waals surface area contributed by atoms with Gasteiger partial charge in [0.25, 0.3) is 0 Å². The molecule has 0 aromatic heterocycles. The summed E-state index contributed by atoms with van der Waals surface area (Å²) in [4.78, 5) is 32.3. The van der Waals surface area contributed by atoms with Crippen LogP contribution in [0.1, 0.15) is 46.0 Å². The number of halogens is 1. The molecule has 37 heavy (non-hydrogen) atoms. The van der Waals surface area contributed by atoms with Crippen LogP contribution in [0.2, 0.25) is 0 Å². The van der Waals surface area contributed by atoms with Crippen molar-refractivity contribution in [1.29, 1.82) is 0 Å². The van der Waals surface area contributed by atoms with E-state index in [4.69, 9.17) is 50.2 Å². The molecule has 0 aromatic rings. The largest absolute Gasteiger partial charge is 0.463 e. The number of ether oxygens (including phenoxy) is 6. The van der Waals surface area contributed by atoms with Crippen LogP contribution >= 0.6 is 11.6 Å². The van der Waals surface area contributed by atoms with Gasteiger partial charge >= 0.3 is 11.9 Å². The molecule has 0 heterocycles. The predicted molar refractivity (Wildman–Crippen MR) is 135 cm³/mol. The van der Waals surface area contributed by atoms with Crippen LogP contribution in [0.3, 0.4) is 0 Å². The van der Waals surface area contributed by atoms with E-state index < -0.39 is 0 Å². The summed E-state index contributed by atoms with van der Waals surface area (Å²) in [5.74, 6) is 0.282. The summed E-state index contributed by atoms with van der Waals surface area (Å²) in [6.07, 6.45) is 5.86. The van der Waals surface area contributed by atoms with Gasteiger partial charge in [0.2, 0.25) is 5.24 Å². The van der Waals surface area contributed by atoms with Crippen molar-refractivity contribution < 1.29 is 53.0 Å². The SMILES string of the molecule is C.O=C(Cl)C1CC1.O=C(OCCOCCOCCOC(=O)C1CC1)C1CC1.OCCOCCOCCO. The third-order valence-corrected chi connectivity index (χ3v) is 5.19. The molecule has 0 atom stereocenters. The van der Waals surface area contributed by atoms with Crippen molar-refractivity contribution in [3.8, 4) is 0 Å². The number of rotatable bonds is 19. The number of esters is 2. The van der Waals surface area contributed by atoms with Gasteiger partial charge in [0.15, 0.2) is 0 Å². The summed E-state index contributed by atoms with van der Waals surface area (Å²) >= 11 is 5.04. The summed E-state index contributed by atoms with van der Waals surface area (Å²) in [6, 6.07) is 0. The number of aliphatic hydroxyl groups is 2. The number of aliphatic hydroxyl groups excluding tert-OH is 2. The van der Waals surface area contributed by atoms with Crippen molar-refractivity contribution >= 4 is 28.8 Å². The summed E-state index contributed by atoms with van der Waals surface area (Å²) in [5, 5.41) is 16.4. The minimum Gasteiger partial charge on any atom is -0.463 e. The Balaban J connectivity index is 0.000000634. The first-order chi connectivity index (χ1) is 17.5. The smallest absolute Gasteiger partial charge is 0.309 e. The first-order valence-electron chi connectivity index (χ1n) is 12.5. The highest BCUT2D eigenvalue weighted by atomic mass is 35.5. The number of carbonyl (C=O) groups excluding carboxylic acids is 3. The van der Waals surface area contributed by atoms with Crippen LogP contribution in [0.5, 0.6) is 0 Å². The van der Waals surface area contributed by atoms with Crippen molar-refractivity contribution in [3.63, 3.8) is 0 Å². The van der Waals surface area contributed by atoms with Crippen molar-refractivity contribution in [1.82, 2.24) is 0 Å². The highest BCUT2D eigenvalue weighted by molar-refractivity contribution is 6.64. The Morgan fingerprint density at radius 2 is 0.838 bits per heavy atom. The monoisotopic (exact) mass is 556 g/mol. The zero-order valence-corrected chi connectivity index (χ0v) is 21.7. The maximum absolute atomic E-state index is 11.2. The van der Waals surface area contributed by atoms with Crippen LogP contribution in [0.25, 0.3) is 0 Å². The Hall–Kier alpha value is -1.34. The van der Waals surface area contributed by atoms with Crippen molar-refractivity contribution in [2.24, 2.45) is 17.8 Å². The summed E-state index contributed by atoms with van der Waals surface area (Å²) in [6.45, 7) is 3.99. The molecule has 11 nitrogen and oxygen atoms in total. The molecule has 0 spiro atoms. The average Bonchev–Trinajstić information content (AvgIpc) is 3.73. The van der Waals surface area contributed by atoms with E-state index in [-0.39, 0.29) is 55.6 Å². The molecular weight excluding hydrogens is 512 g/mol. The number of hydrogen-bond donors (Lipinski definition) is 2. The lowest BCUT2D eigenvalue weighted by Crippen LogP contribution is -2.15. The molecule has 0 amide bonds. The summed E-state index contributed by atoms with van der Waals surface area (Å²) in [5.41, 5.74) is 0. The Labute approximate surface area is 225 Å². The zero-order chi connectivity index (χ0) is 26.4. The van der Waals surface area contributed by atoms with E-state index in [0.29, 0.717) is 66.1 Å². The van der Waals surface area contributed by atoms with Crippen molar-refractivity contribution in [3.05, 3.63) is 0 Å². The van der Waals surface area contributed by atoms with Crippen LogP contribution < -0.4 is 0 Å². The molecule has 12 heteroatoms. The molecule has 3 fully saturated rings. The second-order valence-electron chi connectivity index (χ2n) is 8.36. The van der Waals surface area contributed by atoms with E-state index in [1.165, 1.54) is 0 Å². The second kappa shape index (κ2) is 23.8. The van der Waals surface area contributed by atoms with Gasteiger partial charge in [0.1, 0.15) is 13.2 Å². The third-order valence-electron chi connectivity index (χ3n) is 4.88. The summed E-state index contributed by atoms with van der Waals surface area (Å²) in [7, 11) is 0. The molecule has 0 aromatic carbocycles. The van der Waals surface area contributed by atoms with Crippen LogP contribution in [0.4, 0.5) is 0 Å². The first kappa shape index (κ1) is 35.7. The maximum atomic E-state index is 11.2. The van der Waals surface area contributed by atoms with Gasteiger partial charge in [-0.15, -0.1) is 0 Å². The molecule has 218 valence electrons. The van der Waals surface area contributed by atoms with Crippen molar-refractivity contribution in [2.45, 2.75) is 46.0 Å². The predicted octanol–water partition coefficient (Wildman–Crippen LogP) is 1.73. The third kappa shape index (κ3) is 23.5. The van der Waals surface area contributed by atoms with Gasteiger partial charge in [-0.2, -0.15) is 0 Å². The fourth-order valence-electron chi connectivity index (χ4n) is 2.36. The Morgan fingerprint density at radius 3 is 1.08 bits per heavy atom. The molecule has 0 radical (unpaired) electrons. The Morgan fingerprint density at radius 1 is 0.541 bits per heavy atom. The molecule has 0 bridgehead atoms. The van der Waals surface area contributed by atoms with Gasteiger partial charge < -0.3 is 38.6 Å². The number of hydrogen-bond acceptors (Lipinski definition) is 11. The quantitative estimate of drug-likeness (QED) is 0.136. The molecule has 3 aliphatic carbocycles. The summed E-state index contributed by atoms with van der Waals surface area (Å²) < 4.78 is 30.3. The maximum Gasteiger partial charge on any atom is 0.309 e. The molecule has 3 aliphatic rings. The minimum absolute atomic E-state index is 0. The lowest BCUT2D eigenvalue weighted by Gasteiger charge is -2.07. The molecule has 2 N–H and O–H groups in total. The molecule has 0 aliphatic heterocycles. The first-order valence-corrected chi connectivity index (χ1v) is 12.9. The van der Waals surface area contributed by atoms with Gasteiger partial charge in [-0.25, -0.2) is 0 Å². The van der Waals surface area contributed by atoms with E-state index >= 15 is 0 Å². The van der Waals surface area contributed by atoms with Gasteiger partial charge in [-0.3, -0.25) is 14.4 Å². The van der Waals surface area contributed by atoms with E-state index in [9.17, 15) is 14.4 Å². The molecular formula is C25H45ClO11. The molecule has 0 saturated heterocycles. The van der Waals surface area contributed by atoms with Crippen molar-refractivity contribution in [2.75, 3.05) is 79.3 Å². The molecule has 3 rings (SSSR count). The van der Waals surface area contributed by atoms with Gasteiger partial charge in [-0.1, -0.05) is 7.43 Å². The van der Waals surface area contributed by atoms with Crippen LogP contribution in [-0.4, -0.2) is 107 Å². The van der Waals surface area contributed by atoms with Crippen LogP contribution in [0.15, 0.2) is 0 Å². The molecule has 0 unspecified atom stereocenters. The lowest BCUT2D eigenvalue weighted by molar-refractivity contribution is -0.148. The fourth-order valence-corrected chi connectivity index (χ4v) is 2.58.